The molecule has 0 atom stereocenters. The van der Waals surface area contributed by atoms with Crippen molar-refractivity contribution in [3.05, 3.63) is 100 Å². The van der Waals surface area contributed by atoms with E-state index in [9.17, 15) is 14.4 Å². The Labute approximate surface area is 200 Å². The minimum atomic E-state index is -0.665. The first-order valence-corrected chi connectivity index (χ1v) is 11.1. The number of aryl methyl sites for hydroxylation is 1. The number of ether oxygens (including phenoxy) is 1. The molecule has 0 unspecified atom stereocenters. The highest BCUT2D eigenvalue weighted by Crippen LogP contribution is 2.34. The minimum Gasteiger partial charge on any atom is -0.452 e. The summed E-state index contributed by atoms with van der Waals surface area (Å²) in [6, 6.07) is 17.5. The highest BCUT2D eigenvalue weighted by Gasteiger charge is 2.30. The number of hydrogen-bond donors (Lipinski definition) is 3. The van der Waals surface area contributed by atoms with Gasteiger partial charge in [-0.05, 0) is 60.5 Å². The van der Waals surface area contributed by atoms with Crippen LogP contribution >= 0.6 is 0 Å². The molecule has 8 nitrogen and oxygen atoms in total. The van der Waals surface area contributed by atoms with E-state index in [0.29, 0.717) is 29.7 Å². The van der Waals surface area contributed by atoms with Crippen molar-refractivity contribution in [2.45, 2.75) is 13.3 Å². The van der Waals surface area contributed by atoms with E-state index in [1.165, 1.54) is 6.07 Å². The molecule has 1 aromatic heterocycles. The van der Waals surface area contributed by atoms with Gasteiger partial charge in [-0.15, -0.1) is 0 Å². The molecule has 1 aliphatic heterocycles. The number of aromatic amines is 1. The number of para-hydroxylation sites is 1. The first kappa shape index (κ1) is 22.1. The zero-order chi connectivity index (χ0) is 24.5. The fourth-order valence-corrected chi connectivity index (χ4v) is 3.98. The molecule has 4 N–H and O–H groups in total. The second-order valence-corrected chi connectivity index (χ2v) is 8.32. The summed E-state index contributed by atoms with van der Waals surface area (Å²) in [4.78, 5) is 44.6. The number of imidazole rings is 1. The van der Waals surface area contributed by atoms with E-state index in [4.69, 9.17) is 10.5 Å². The van der Waals surface area contributed by atoms with E-state index in [1.807, 2.05) is 25.1 Å². The lowest BCUT2D eigenvalue weighted by molar-refractivity contribution is 0.0952. The number of nitrogens with two attached hydrogens (primary N) is 1. The summed E-state index contributed by atoms with van der Waals surface area (Å²) in [5.41, 5.74) is 10.0. The Balaban J connectivity index is 1.22. The van der Waals surface area contributed by atoms with E-state index in [-0.39, 0.29) is 28.8 Å². The fourth-order valence-electron chi connectivity index (χ4n) is 3.98. The van der Waals surface area contributed by atoms with Gasteiger partial charge in [0.05, 0.1) is 22.2 Å². The molecule has 174 valence electrons. The van der Waals surface area contributed by atoms with Gasteiger partial charge in [-0.2, -0.15) is 0 Å². The highest BCUT2D eigenvalue weighted by molar-refractivity contribution is 6.16. The lowest BCUT2D eigenvalue weighted by atomic mass is 10.1. The van der Waals surface area contributed by atoms with Crippen LogP contribution in [0.3, 0.4) is 0 Å². The number of allylic oxidation sites excluding steroid dienone is 1. The summed E-state index contributed by atoms with van der Waals surface area (Å²) >= 11 is 0. The number of fused-ring (bicyclic) bond motifs is 2. The predicted molar refractivity (Wildman–Crippen MR) is 131 cm³/mol. The molecule has 5 rings (SSSR count). The molecule has 3 aromatic carbocycles. The molecule has 35 heavy (non-hydrogen) atoms. The molecule has 1 aliphatic rings. The Bertz CT molecular complexity index is 1520. The smallest absolute Gasteiger partial charge is 0.252 e. The number of rotatable bonds is 6. The monoisotopic (exact) mass is 466 g/mol. The van der Waals surface area contributed by atoms with Gasteiger partial charge in [0.15, 0.2) is 11.5 Å². The molecular formula is C27H22N4O4. The van der Waals surface area contributed by atoms with Crippen molar-refractivity contribution in [2.24, 2.45) is 5.73 Å². The van der Waals surface area contributed by atoms with E-state index >= 15 is 0 Å². The lowest BCUT2D eigenvalue weighted by Crippen LogP contribution is -2.25. The fraction of sp³-hybridized carbons (Fsp3) is 0.111. The topological polar surface area (TPSA) is 127 Å². The van der Waals surface area contributed by atoms with Gasteiger partial charge in [-0.1, -0.05) is 24.3 Å². The number of nitrogens with one attached hydrogen (secondary N) is 2. The van der Waals surface area contributed by atoms with Crippen molar-refractivity contribution in [1.29, 1.82) is 0 Å². The normalized spacial score (nSPS) is 13.6. The third-order valence-electron chi connectivity index (χ3n) is 5.77. The second kappa shape index (κ2) is 8.90. The maximum Gasteiger partial charge on any atom is 0.252 e. The van der Waals surface area contributed by atoms with Crippen molar-refractivity contribution >= 4 is 34.7 Å². The van der Waals surface area contributed by atoms with Gasteiger partial charge >= 0.3 is 0 Å². The first-order chi connectivity index (χ1) is 16.9. The number of benzene rings is 3. The number of H-pyrrole nitrogens is 1. The van der Waals surface area contributed by atoms with Crippen LogP contribution < -0.4 is 15.8 Å². The minimum absolute atomic E-state index is 0.0898. The second-order valence-electron chi connectivity index (χ2n) is 8.32. The van der Waals surface area contributed by atoms with Crippen LogP contribution in [0, 0.1) is 6.92 Å². The molecule has 0 aliphatic carbocycles. The molecule has 0 saturated carbocycles. The molecule has 0 fully saturated rings. The Morgan fingerprint density at radius 1 is 1.11 bits per heavy atom. The number of hydrogen-bond acceptors (Lipinski definition) is 5. The molecular weight excluding hydrogens is 444 g/mol. The Morgan fingerprint density at radius 3 is 2.69 bits per heavy atom. The van der Waals surface area contributed by atoms with Crippen LogP contribution in [0.1, 0.15) is 48.0 Å². The van der Waals surface area contributed by atoms with Gasteiger partial charge in [0, 0.05) is 18.5 Å². The van der Waals surface area contributed by atoms with Crippen LogP contribution in [0.2, 0.25) is 0 Å². The Morgan fingerprint density at radius 2 is 1.91 bits per heavy atom. The van der Waals surface area contributed by atoms with Crippen molar-refractivity contribution in [2.75, 3.05) is 6.54 Å². The van der Waals surface area contributed by atoms with Crippen LogP contribution in [0.25, 0.3) is 17.1 Å². The molecule has 0 saturated heterocycles. The number of carbonyl (C=O) groups excluding carboxylic acids is 3. The third kappa shape index (κ3) is 4.41. The molecule has 8 heteroatoms. The molecule has 2 heterocycles. The standard InChI is InChI=1S/C27H22N4O4/c1-15-5-10-20-21(13-15)31-23(30-20)11-12-29-27(34)17-8-6-16(7-9-17)14-22-24(32)18-3-2-4-19(26(28)33)25(18)35-22/h2-10,13-14H,11-12H2,1H3,(H2,28,33)(H,29,34)(H,30,31)/b22-14-. The molecule has 4 aromatic rings. The third-order valence-corrected chi connectivity index (χ3v) is 5.77. The number of Topliss-reactive ketones (excluding diaryl/α,β-unsaturated/α-hetero) is 1. The zero-order valence-electron chi connectivity index (χ0n) is 18.9. The predicted octanol–water partition coefficient (Wildman–Crippen LogP) is 3.56. The quantitative estimate of drug-likeness (QED) is 0.375. The average Bonchev–Trinajstić information content (AvgIpc) is 3.39. The highest BCUT2D eigenvalue weighted by atomic mass is 16.5. The largest absolute Gasteiger partial charge is 0.452 e. The van der Waals surface area contributed by atoms with Crippen LogP contribution in [-0.4, -0.2) is 34.1 Å². The van der Waals surface area contributed by atoms with Gasteiger partial charge < -0.3 is 20.8 Å². The number of primary amides is 1. The maximum atomic E-state index is 12.6. The number of ketones is 1. The molecule has 0 spiro atoms. The number of aromatic nitrogens is 2. The van der Waals surface area contributed by atoms with Crippen molar-refractivity contribution in [3.63, 3.8) is 0 Å². The SMILES string of the molecule is Cc1ccc2nc(CCNC(=O)c3ccc(/C=C4\Oc5c(C(N)=O)cccc5C4=O)cc3)[nH]c2c1. The van der Waals surface area contributed by atoms with E-state index in [2.05, 4.69) is 15.3 Å². The van der Waals surface area contributed by atoms with Crippen LogP contribution in [0.5, 0.6) is 5.75 Å². The van der Waals surface area contributed by atoms with Gasteiger partial charge in [0.2, 0.25) is 5.78 Å². The number of amides is 2. The van der Waals surface area contributed by atoms with Crippen LogP contribution in [0.4, 0.5) is 0 Å². The maximum absolute atomic E-state index is 12.6. The zero-order valence-corrected chi connectivity index (χ0v) is 18.9. The summed E-state index contributed by atoms with van der Waals surface area (Å²) in [6.45, 7) is 2.46. The summed E-state index contributed by atoms with van der Waals surface area (Å²) < 4.78 is 5.64. The lowest BCUT2D eigenvalue weighted by Gasteiger charge is -2.05. The van der Waals surface area contributed by atoms with Crippen molar-refractivity contribution < 1.29 is 19.1 Å². The summed E-state index contributed by atoms with van der Waals surface area (Å²) in [5, 5.41) is 2.89. The van der Waals surface area contributed by atoms with Crippen LogP contribution in [-0.2, 0) is 6.42 Å². The first-order valence-electron chi connectivity index (χ1n) is 11.1. The van der Waals surface area contributed by atoms with Gasteiger partial charge in [0.1, 0.15) is 5.82 Å². The average molecular weight is 466 g/mol. The summed E-state index contributed by atoms with van der Waals surface area (Å²) in [6.07, 6.45) is 2.15. The molecule has 0 bridgehead atoms. The van der Waals surface area contributed by atoms with Crippen LogP contribution in [0.15, 0.2) is 66.4 Å². The van der Waals surface area contributed by atoms with E-state index in [0.717, 1.165) is 22.4 Å². The van der Waals surface area contributed by atoms with E-state index < -0.39 is 5.91 Å². The molecule has 2 amide bonds. The van der Waals surface area contributed by atoms with Gasteiger partial charge in [-0.25, -0.2) is 4.98 Å². The van der Waals surface area contributed by atoms with Gasteiger partial charge in [0.25, 0.3) is 11.8 Å². The Hall–Kier alpha value is -4.72. The summed E-state index contributed by atoms with van der Waals surface area (Å²) in [7, 11) is 0. The molecule has 0 radical (unpaired) electrons. The number of nitrogens with zero attached hydrogens (tertiary/aromatic N) is 1. The summed E-state index contributed by atoms with van der Waals surface area (Å²) in [5.74, 6) is -0.122. The van der Waals surface area contributed by atoms with E-state index in [1.54, 1.807) is 42.5 Å². The van der Waals surface area contributed by atoms with Crippen molar-refractivity contribution in [3.8, 4) is 5.75 Å². The Kier molecular flexibility index (Phi) is 5.62. The van der Waals surface area contributed by atoms with Crippen molar-refractivity contribution in [1.82, 2.24) is 15.3 Å². The van der Waals surface area contributed by atoms with Gasteiger partial charge in [-0.3, -0.25) is 14.4 Å². The number of carbonyl (C=O) groups is 3.